The van der Waals surface area contributed by atoms with Gasteiger partial charge in [0.25, 0.3) is 5.91 Å². The Bertz CT molecular complexity index is 823. The van der Waals surface area contributed by atoms with Crippen LogP contribution in [0.25, 0.3) is 0 Å². The molecule has 0 radical (unpaired) electrons. The van der Waals surface area contributed by atoms with Crippen molar-refractivity contribution in [3.05, 3.63) is 54.0 Å². The fourth-order valence-electron chi connectivity index (χ4n) is 3.44. The number of nitrogens with one attached hydrogen (secondary N) is 2. The van der Waals surface area contributed by atoms with Crippen molar-refractivity contribution in [3.63, 3.8) is 0 Å². The average Bonchev–Trinajstić information content (AvgIpc) is 3.16. The minimum atomic E-state index is -3.26. The zero-order valence-corrected chi connectivity index (χ0v) is 15.7. The molecular weight excluding hydrogens is 352 g/mol. The van der Waals surface area contributed by atoms with Gasteiger partial charge < -0.3 is 14.6 Å². The summed E-state index contributed by atoms with van der Waals surface area (Å²) in [5.74, 6) is 0.674. The number of hydrogen-bond acceptors (Lipinski definition) is 4. The largest absolute Gasteiger partial charge is 0.463 e. The standard InChI is InChI=1S/C19H24N2O4S/c1-26(23,24)16-9-7-15(8-10-16)19(22)20-14-17(18-6-5-13-25-18)21-11-3-2-4-12-21/h5-10,13,17H,2-4,11-12,14H2,1H3,(H,20,22)/p+1/t17-/m0/s1. The monoisotopic (exact) mass is 377 g/mol. The van der Waals surface area contributed by atoms with Gasteiger partial charge in [-0.25, -0.2) is 8.42 Å². The van der Waals surface area contributed by atoms with Gasteiger partial charge in [0.1, 0.15) is 0 Å². The van der Waals surface area contributed by atoms with Crippen molar-refractivity contribution in [1.29, 1.82) is 0 Å². The Hall–Kier alpha value is -2.12. The summed E-state index contributed by atoms with van der Waals surface area (Å²) in [6, 6.07) is 9.93. The highest BCUT2D eigenvalue weighted by molar-refractivity contribution is 7.90. The molecule has 7 heteroatoms. The molecule has 6 nitrogen and oxygen atoms in total. The zero-order valence-electron chi connectivity index (χ0n) is 14.9. The molecule has 3 rings (SSSR count). The Morgan fingerprint density at radius 3 is 2.42 bits per heavy atom. The van der Waals surface area contributed by atoms with E-state index in [4.69, 9.17) is 4.42 Å². The summed E-state index contributed by atoms with van der Waals surface area (Å²) >= 11 is 0. The summed E-state index contributed by atoms with van der Waals surface area (Å²) in [5.41, 5.74) is 0.448. The third-order valence-electron chi connectivity index (χ3n) is 4.89. The van der Waals surface area contributed by atoms with Crippen LogP contribution in [0, 0.1) is 0 Å². The number of sulfone groups is 1. The second-order valence-electron chi connectivity index (χ2n) is 6.79. The predicted octanol–water partition coefficient (Wildman–Crippen LogP) is 1.22. The van der Waals surface area contributed by atoms with Crippen LogP contribution in [0.4, 0.5) is 0 Å². The molecule has 1 aliphatic heterocycles. The molecule has 1 amide bonds. The first-order valence-electron chi connectivity index (χ1n) is 8.91. The molecule has 0 spiro atoms. The van der Waals surface area contributed by atoms with Crippen LogP contribution in [-0.2, 0) is 9.84 Å². The van der Waals surface area contributed by atoms with Crippen LogP contribution in [0.2, 0.25) is 0 Å². The lowest BCUT2D eigenvalue weighted by Gasteiger charge is -2.30. The molecule has 2 aromatic rings. The van der Waals surface area contributed by atoms with Crippen LogP contribution in [-0.4, -0.2) is 40.2 Å². The van der Waals surface area contributed by atoms with Crippen LogP contribution in [0.1, 0.15) is 41.4 Å². The molecule has 2 heterocycles. The number of benzene rings is 1. The minimum absolute atomic E-state index is 0.0875. The van der Waals surface area contributed by atoms with Gasteiger partial charge in [0.15, 0.2) is 21.6 Å². The van der Waals surface area contributed by atoms with Gasteiger partial charge in [0.2, 0.25) is 0 Å². The van der Waals surface area contributed by atoms with Gasteiger partial charge in [0, 0.05) is 11.8 Å². The van der Waals surface area contributed by atoms with E-state index in [0.717, 1.165) is 25.1 Å². The highest BCUT2D eigenvalue weighted by Crippen LogP contribution is 2.13. The van der Waals surface area contributed by atoms with Gasteiger partial charge >= 0.3 is 0 Å². The molecule has 1 atom stereocenters. The lowest BCUT2D eigenvalue weighted by molar-refractivity contribution is -0.936. The van der Waals surface area contributed by atoms with Crippen LogP contribution in [0.15, 0.2) is 52.0 Å². The maximum Gasteiger partial charge on any atom is 0.251 e. The molecule has 1 aliphatic rings. The first-order valence-corrected chi connectivity index (χ1v) is 10.8. The van der Waals surface area contributed by atoms with Gasteiger partial charge in [-0.15, -0.1) is 0 Å². The topological polar surface area (TPSA) is 80.8 Å². The minimum Gasteiger partial charge on any atom is -0.463 e. The van der Waals surface area contributed by atoms with E-state index in [2.05, 4.69) is 5.32 Å². The first-order chi connectivity index (χ1) is 12.4. The number of piperidine rings is 1. The molecular formula is C19H25N2O4S+. The SMILES string of the molecule is CS(=O)(=O)c1ccc(C(=O)NC[C@@H](c2ccco2)[NH+]2CCCCC2)cc1. The molecule has 2 N–H and O–H groups in total. The number of likely N-dealkylation sites (tertiary alicyclic amines) is 1. The van der Waals surface area contributed by atoms with E-state index >= 15 is 0 Å². The normalized spacial score (nSPS) is 17.0. The third-order valence-corrected chi connectivity index (χ3v) is 6.02. The Balaban J connectivity index is 1.67. The second kappa shape index (κ2) is 8.05. The number of carbonyl (C=O) groups is 1. The molecule has 1 aromatic carbocycles. The number of hydrogen-bond donors (Lipinski definition) is 2. The van der Waals surface area contributed by atoms with Crippen LogP contribution in [0.5, 0.6) is 0 Å². The quantitative estimate of drug-likeness (QED) is 0.793. The Morgan fingerprint density at radius 1 is 1.15 bits per heavy atom. The van der Waals surface area contributed by atoms with Gasteiger partial charge in [-0.3, -0.25) is 4.79 Å². The molecule has 0 bridgehead atoms. The molecule has 140 valence electrons. The summed E-state index contributed by atoms with van der Waals surface area (Å²) in [4.78, 5) is 14.1. The van der Waals surface area contributed by atoms with Crippen molar-refractivity contribution < 1.29 is 22.5 Å². The molecule has 26 heavy (non-hydrogen) atoms. The first kappa shape index (κ1) is 18.7. The van der Waals surface area contributed by atoms with E-state index in [0.29, 0.717) is 12.1 Å². The fraction of sp³-hybridized carbons (Fsp3) is 0.421. The molecule has 0 aliphatic carbocycles. The lowest BCUT2D eigenvalue weighted by atomic mass is 10.1. The van der Waals surface area contributed by atoms with Crippen LogP contribution < -0.4 is 10.2 Å². The van der Waals surface area contributed by atoms with Crippen LogP contribution in [0.3, 0.4) is 0 Å². The summed E-state index contributed by atoms with van der Waals surface area (Å²) in [7, 11) is -3.26. The molecule has 1 aromatic heterocycles. The third kappa shape index (κ3) is 4.53. The molecule has 1 fully saturated rings. The summed E-state index contributed by atoms with van der Waals surface area (Å²) in [6.45, 7) is 2.63. The van der Waals surface area contributed by atoms with Gasteiger partial charge in [-0.1, -0.05) is 0 Å². The smallest absolute Gasteiger partial charge is 0.251 e. The Kier molecular flexibility index (Phi) is 5.78. The fourth-order valence-corrected chi connectivity index (χ4v) is 4.07. The highest BCUT2D eigenvalue weighted by Gasteiger charge is 2.28. The van der Waals surface area contributed by atoms with Crippen molar-refractivity contribution in [1.82, 2.24) is 5.32 Å². The summed E-state index contributed by atoms with van der Waals surface area (Å²) in [6.07, 6.45) is 6.45. The number of amides is 1. The number of rotatable bonds is 6. The highest BCUT2D eigenvalue weighted by atomic mass is 32.2. The molecule has 0 saturated carbocycles. The Morgan fingerprint density at radius 2 is 1.85 bits per heavy atom. The van der Waals surface area contributed by atoms with E-state index in [1.807, 2.05) is 12.1 Å². The van der Waals surface area contributed by atoms with Crippen LogP contribution >= 0.6 is 0 Å². The maximum atomic E-state index is 12.5. The Labute approximate surface area is 154 Å². The lowest BCUT2D eigenvalue weighted by Crippen LogP contribution is -3.13. The average molecular weight is 377 g/mol. The van der Waals surface area contributed by atoms with Gasteiger partial charge in [-0.2, -0.15) is 0 Å². The van der Waals surface area contributed by atoms with Gasteiger partial charge in [0.05, 0.1) is 30.8 Å². The zero-order chi connectivity index (χ0) is 18.6. The van der Waals surface area contributed by atoms with Crippen molar-refractivity contribution in [2.24, 2.45) is 0 Å². The molecule has 1 saturated heterocycles. The predicted molar refractivity (Wildman–Crippen MR) is 97.9 cm³/mol. The van der Waals surface area contributed by atoms with E-state index in [-0.39, 0.29) is 16.8 Å². The number of quaternary nitrogens is 1. The van der Waals surface area contributed by atoms with Crippen molar-refractivity contribution in [3.8, 4) is 0 Å². The summed E-state index contributed by atoms with van der Waals surface area (Å²) in [5, 5.41) is 2.97. The molecule has 0 unspecified atom stereocenters. The maximum absolute atomic E-state index is 12.5. The van der Waals surface area contributed by atoms with Gasteiger partial charge in [-0.05, 0) is 55.7 Å². The number of carbonyl (C=O) groups excluding carboxylic acids is 1. The van der Waals surface area contributed by atoms with Crippen molar-refractivity contribution in [2.75, 3.05) is 25.9 Å². The van der Waals surface area contributed by atoms with E-state index in [9.17, 15) is 13.2 Å². The second-order valence-corrected chi connectivity index (χ2v) is 8.81. The van der Waals surface area contributed by atoms with E-state index in [1.165, 1.54) is 36.3 Å². The number of furan rings is 1. The van der Waals surface area contributed by atoms with E-state index < -0.39 is 9.84 Å². The van der Waals surface area contributed by atoms with Crippen molar-refractivity contribution >= 4 is 15.7 Å². The van der Waals surface area contributed by atoms with E-state index in [1.54, 1.807) is 18.4 Å². The van der Waals surface area contributed by atoms with Crippen molar-refractivity contribution in [2.45, 2.75) is 30.2 Å². The summed E-state index contributed by atoms with van der Waals surface area (Å²) < 4.78 is 28.6.